The summed E-state index contributed by atoms with van der Waals surface area (Å²) in [5, 5.41) is 23.6. The number of amides is 1. The number of esters is 1. The Kier molecular flexibility index (Phi) is 44.3. The zero-order valence-electron chi connectivity index (χ0n) is 38.8. The molecule has 0 radical (unpaired) electrons. The number of ether oxygens (including phenoxy) is 1. The lowest BCUT2D eigenvalue weighted by Crippen LogP contribution is -2.46. The van der Waals surface area contributed by atoms with E-state index in [0.29, 0.717) is 19.3 Å². The number of hydrogen-bond acceptors (Lipinski definition) is 5. The van der Waals surface area contributed by atoms with Crippen molar-refractivity contribution in [1.29, 1.82) is 0 Å². The molecule has 0 saturated heterocycles. The molecule has 3 unspecified atom stereocenters. The van der Waals surface area contributed by atoms with Gasteiger partial charge in [-0.3, -0.25) is 9.59 Å². The summed E-state index contributed by atoms with van der Waals surface area (Å²) in [5.41, 5.74) is 0. The number of nitrogens with one attached hydrogen (secondary N) is 1. The van der Waals surface area contributed by atoms with Crippen LogP contribution in [0.15, 0.2) is 97.2 Å². The van der Waals surface area contributed by atoms with E-state index in [-0.39, 0.29) is 31.3 Å². The number of carbonyl (C=O) groups excluding carboxylic acids is 2. The highest BCUT2D eigenvalue weighted by molar-refractivity contribution is 5.77. The minimum atomic E-state index is -0.807. The quantitative estimate of drug-likeness (QED) is 0.0323. The molecule has 0 aromatic rings. The van der Waals surface area contributed by atoms with E-state index in [1.54, 1.807) is 0 Å². The van der Waals surface area contributed by atoms with E-state index in [2.05, 4.69) is 117 Å². The molecule has 0 fully saturated rings. The molecule has 60 heavy (non-hydrogen) atoms. The highest BCUT2D eigenvalue weighted by atomic mass is 16.5. The first kappa shape index (κ1) is 56.8. The number of rotatable bonds is 42. The Hall–Kier alpha value is -3.22. The molecule has 0 bridgehead atoms. The first-order chi connectivity index (χ1) is 29.5. The second kappa shape index (κ2) is 46.8. The normalized spacial score (nSPS) is 14.2. The molecule has 1 amide bonds. The second-order valence-corrected chi connectivity index (χ2v) is 16.1. The van der Waals surface area contributed by atoms with Gasteiger partial charge in [0.2, 0.25) is 5.91 Å². The standard InChI is InChI=1S/C54H91NO5/c1-4-7-10-13-16-19-22-24-25-26-27-28-29-30-32-35-38-41-44-47-54(59)60-50(45-42-39-36-33-31-23-20-17-14-11-8-5-2)48-53(58)55-51(49-56)52(57)46-43-40-37-34-21-18-15-12-9-6-3/h7-8,10-11,16-17,19-20,24-25,27-28,30,32,38,41,50-52,56-57H,4-6,9,12-15,18,21-23,26,29,31,33-37,39-40,42-49H2,1-3H3,(H,55,58)/b10-7-,11-8+,19-16-,20-17+,25-24-,28-27-,32-30-,41-38-. The average molecular weight is 834 g/mol. The monoisotopic (exact) mass is 834 g/mol. The Bertz CT molecular complexity index is 1210. The van der Waals surface area contributed by atoms with Crippen LogP contribution in [0.2, 0.25) is 0 Å². The Labute approximate surface area is 369 Å². The van der Waals surface area contributed by atoms with E-state index in [1.165, 1.54) is 44.9 Å². The van der Waals surface area contributed by atoms with Crippen LogP contribution in [0, 0.1) is 0 Å². The van der Waals surface area contributed by atoms with Crippen LogP contribution in [-0.4, -0.2) is 46.9 Å². The van der Waals surface area contributed by atoms with Crippen LogP contribution in [0.1, 0.15) is 207 Å². The van der Waals surface area contributed by atoms with Crippen molar-refractivity contribution in [2.75, 3.05) is 6.61 Å². The van der Waals surface area contributed by atoms with E-state index in [0.717, 1.165) is 109 Å². The number of aliphatic hydroxyl groups is 2. The van der Waals surface area contributed by atoms with Crippen LogP contribution in [0.3, 0.4) is 0 Å². The maximum absolute atomic E-state index is 13.1. The van der Waals surface area contributed by atoms with Gasteiger partial charge in [0.1, 0.15) is 6.10 Å². The minimum Gasteiger partial charge on any atom is -0.462 e. The smallest absolute Gasteiger partial charge is 0.306 e. The summed E-state index contributed by atoms with van der Waals surface area (Å²) in [5.74, 6) is -0.598. The molecule has 0 aromatic carbocycles. The van der Waals surface area contributed by atoms with Gasteiger partial charge in [-0.15, -0.1) is 0 Å². The molecule has 0 heterocycles. The van der Waals surface area contributed by atoms with Gasteiger partial charge in [0.15, 0.2) is 0 Å². The lowest BCUT2D eigenvalue weighted by atomic mass is 10.0. The summed E-state index contributed by atoms with van der Waals surface area (Å²) in [4.78, 5) is 26.0. The summed E-state index contributed by atoms with van der Waals surface area (Å²) in [6, 6.07) is -0.725. The highest BCUT2D eigenvalue weighted by Gasteiger charge is 2.24. The minimum absolute atomic E-state index is 0.0321. The molecule has 0 aromatic heterocycles. The van der Waals surface area contributed by atoms with Crippen LogP contribution in [0.4, 0.5) is 0 Å². The fraction of sp³-hybridized carbons (Fsp3) is 0.667. The summed E-state index contributed by atoms with van der Waals surface area (Å²) >= 11 is 0. The molecule has 0 aliphatic rings. The maximum Gasteiger partial charge on any atom is 0.306 e. The number of carbonyl (C=O) groups is 2. The van der Waals surface area contributed by atoms with Crippen molar-refractivity contribution in [2.24, 2.45) is 0 Å². The number of hydrogen-bond donors (Lipinski definition) is 3. The van der Waals surface area contributed by atoms with Crippen molar-refractivity contribution < 1.29 is 24.5 Å². The fourth-order valence-electron chi connectivity index (χ4n) is 6.79. The molecule has 3 atom stereocenters. The van der Waals surface area contributed by atoms with Crippen LogP contribution >= 0.6 is 0 Å². The number of allylic oxidation sites excluding steroid dienone is 16. The van der Waals surface area contributed by atoms with Crippen molar-refractivity contribution in [3.05, 3.63) is 97.2 Å². The van der Waals surface area contributed by atoms with Crippen LogP contribution in [0.5, 0.6) is 0 Å². The molecule has 0 saturated carbocycles. The second-order valence-electron chi connectivity index (χ2n) is 16.1. The van der Waals surface area contributed by atoms with E-state index >= 15 is 0 Å². The summed E-state index contributed by atoms with van der Waals surface area (Å²) in [6.07, 6.45) is 61.9. The third kappa shape index (κ3) is 41.5. The molecule has 6 heteroatoms. The largest absolute Gasteiger partial charge is 0.462 e. The van der Waals surface area contributed by atoms with Gasteiger partial charge in [-0.2, -0.15) is 0 Å². The fourth-order valence-corrected chi connectivity index (χ4v) is 6.79. The summed E-state index contributed by atoms with van der Waals surface area (Å²) in [6.45, 7) is 6.21. The molecule has 3 N–H and O–H groups in total. The first-order valence-electron chi connectivity index (χ1n) is 24.5. The summed E-state index contributed by atoms with van der Waals surface area (Å²) in [7, 11) is 0. The molecular formula is C54H91NO5. The van der Waals surface area contributed by atoms with Gasteiger partial charge in [0, 0.05) is 6.42 Å². The van der Waals surface area contributed by atoms with Crippen molar-refractivity contribution >= 4 is 11.9 Å². The van der Waals surface area contributed by atoms with Crippen LogP contribution < -0.4 is 5.32 Å². The zero-order chi connectivity index (χ0) is 43.8. The van der Waals surface area contributed by atoms with Gasteiger partial charge < -0.3 is 20.3 Å². The van der Waals surface area contributed by atoms with E-state index in [9.17, 15) is 19.8 Å². The molecule has 0 rings (SSSR count). The van der Waals surface area contributed by atoms with E-state index in [4.69, 9.17) is 4.74 Å². The van der Waals surface area contributed by atoms with Gasteiger partial charge in [-0.25, -0.2) is 0 Å². The van der Waals surface area contributed by atoms with Gasteiger partial charge in [0.25, 0.3) is 0 Å². The summed E-state index contributed by atoms with van der Waals surface area (Å²) < 4.78 is 5.87. The third-order valence-electron chi connectivity index (χ3n) is 10.4. The molecule has 342 valence electrons. The van der Waals surface area contributed by atoms with Crippen molar-refractivity contribution in [1.82, 2.24) is 5.32 Å². The maximum atomic E-state index is 13.1. The molecule has 0 aliphatic heterocycles. The van der Waals surface area contributed by atoms with E-state index < -0.39 is 18.2 Å². The molecule has 0 aliphatic carbocycles. The SMILES string of the molecule is CC/C=C\C/C=C\C/C=C\C/C=C\C/C=C\C/C=C\CCC(=O)OC(CCCCCCC/C=C/C/C=C/CC)CC(=O)NC(CO)C(O)CCCCCCCCCCCC. The Morgan fingerprint density at radius 2 is 0.900 bits per heavy atom. The first-order valence-corrected chi connectivity index (χ1v) is 24.5. The number of unbranched alkanes of at least 4 members (excludes halogenated alkanes) is 14. The van der Waals surface area contributed by atoms with Crippen molar-refractivity contribution in [3.63, 3.8) is 0 Å². The molecule has 6 nitrogen and oxygen atoms in total. The Morgan fingerprint density at radius 3 is 1.37 bits per heavy atom. The predicted octanol–water partition coefficient (Wildman–Crippen LogP) is 14.6. The Balaban J connectivity index is 4.71. The van der Waals surface area contributed by atoms with Gasteiger partial charge in [-0.1, -0.05) is 201 Å². The molecular weight excluding hydrogens is 743 g/mol. The lowest BCUT2D eigenvalue weighted by Gasteiger charge is -2.24. The van der Waals surface area contributed by atoms with E-state index in [1.807, 2.05) is 6.08 Å². The van der Waals surface area contributed by atoms with Gasteiger partial charge in [-0.05, 0) is 89.9 Å². The van der Waals surface area contributed by atoms with Crippen molar-refractivity contribution in [2.45, 2.75) is 225 Å². The van der Waals surface area contributed by atoms with Crippen LogP contribution in [0.25, 0.3) is 0 Å². The number of aliphatic hydroxyl groups excluding tert-OH is 2. The Morgan fingerprint density at radius 1 is 0.500 bits per heavy atom. The predicted molar refractivity (Wildman–Crippen MR) is 259 cm³/mol. The topological polar surface area (TPSA) is 95.9 Å². The third-order valence-corrected chi connectivity index (χ3v) is 10.4. The highest BCUT2D eigenvalue weighted by Crippen LogP contribution is 2.16. The zero-order valence-corrected chi connectivity index (χ0v) is 38.8. The lowest BCUT2D eigenvalue weighted by molar-refractivity contribution is -0.150. The van der Waals surface area contributed by atoms with Gasteiger partial charge >= 0.3 is 5.97 Å². The average Bonchev–Trinajstić information content (AvgIpc) is 3.24. The van der Waals surface area contributed by atoms with Gasteiger partial charge in [0.05, 0.1) is 25.2 Å². The molecule has 0 spiro atoms. The van der Waals surface area contributed by atoms with Crippen molar-refractivity contribution in [3.8, 4) is 0 Å². The van der Waals surface area contributed by atoms with Crippen LogP contribution in [-0.2, 0) is 14.3 Å².